The van der Waals surface area contributed by atoms with Gasteiger partial charge in [-0.2, -0.15) is 5.10 Å². The Morgan fingerprint density at radius 2 is 1.77 bits per heavy atom. The van der Waals surface area contributed by atoms with E-state index in [1.165, 1.54) is 28.1 Å². The lowest BCUT2D eigenvalue weighted by atomic mass is 10.1. The molecule has 0 saturated carbocycles. The third-order valence-corrected chi connectivity index (χ3v) is 6.73. The molecule has 0 unspecified atom stereocenters. The molecule has 0 N–H and O–H groups in total. The molecule has 0 saturated heterocycles. The van der Waals surface area contributed by atoms with Gasteiger partial charge in [0.1, 0.15) is 0 Å². The highest BCUT2D eigenvalue weighted by Gasteiger charge is 2.24. The molecule has 0 bridgehead atoms. The van der Waals surface area contributed by atoms with Crippen LogP contribution in [0.4, 0.5) is 5.69 Å². The van der Waals surface area contributed by atoms with Gasteiger partial charge in [-0.1, -0.05) is 42.5 Å². The number of benzene rings is 2. The first-order chi connectivity index (χ1) is 15.3. The minimum atomic E-state index is 0.921. The first-order valence-electron chi connectivity index (χ1n) is 10.9. The number of hydrogen-bond acceptors (Lipinski definition) is 4. The zero-order chi connectivity index (χ0) is 21.2. The van der Waals surface area contributed by atoms with Crippen LogP contribution in [0.15, 0.2) is 66.2 Å². The summed E-state index contributed by atoms with van der Waals surface area (Å²) in [6.45, 7) is 6.45. The van der Waals surface area contributed by atoms with E-state index in [9.17, 15) is 0 Å². The van der Waals surface area contributed by atoms with E-state index in [2.05, 4.69) is 71.7 Å². The van der Waals surface area contributed by atoms with E-state index in [0.29, 0.717) is 0 Å². The van der Waals surface area contributed by atoms with Gasteiger partial charge >= 0.3 is 0 Å². The lowest BCUT2D eigenvalue weighted by Gasteiger charge is -2.20. The molecule has 1 aliphatic carbocycles. The molecule has 2 aromatic carbocycles. The van der Waals surface area contributed by atoms with Crippen LogP contribution < -0.4 is 4.90 Å². The van der Waals surface area contributed by atoms with E-state index in [-0.39, 0.29) is 0 Å². The van der Waals surface area contributed by atoms with Crippen molar-refractivity contribution >= 4 is 28.7 Å². The highest BCUT2D eigenvalue weighted by molar-refractivity contribution is 7.12. The summed E-state index contributed by atoms with van der Waals surface area (Å²) in [6.07, 6.45) is 6.39. The van der Waals surface area contributed by atoms with E-state index < -0.39 is 0 Å². The Labute approximate surface area is 187 Å². The van der Waals surface area contributed by atoms with Gasteiger partial charge in [-0.15, -0.1) is 11.3 Å². The number of allylic oxidation sites excluding steroid dienone is 1. The first kappa shape index (κ1) is 19.8. The minimum Gasteiger partial charge on any atom is -0.372 e. The van der Waals surface area contributed by atoms with Gasteiger partial charge in [-0.3, -0.25) is 0 Å². The summed E-state index contributed by atoms with van der Waals surface area (Å²) >= 11 is 1.64. The lowest BCUT2D eigenvalue weighted by Crippen LogP contribution is -2.21. The summed E-state index contributed by atoms with van der Waals surface area (Å²) < 4.78 is 2.02. The molecule has 2 aromatic heterocycles. The van der Waals surface area contributed by atoms with Gasteiger partial charge in [-0.05, 0) is 61.6 Å². The monoisotopic (exact) mass is 426 g/mol. The number of fused-ring (bicyclic) bond motifs is 1. The number of aryl methyl sites for hydroxylation is 1. The second kappa shape index (κ2) is 8.52. The summed E-state index contributed by atoms with van der Waals surface area (Å²) in [5.74, 6) is 0. The van der Waals surface area contributed by atoms with Gasteiger partial charge in [0.25, 0.3) is 0 Å². The maximum atomic E-state index is 4.88. The average molecular weight is 427 g/mol. The Balaban J connectivity index is 1.45. The van der Waals surface area contributed by atoms with Crippen LogP contribution in [-0.4, -0.2) is 27.9 Å². The Morgan fingerprint density at radius 1 is 1.00 bits per heavy atom. The van der Waals surface area contributed by atoms with Crippen LogP contribution in [0.5, 0.6) is 0 Å². The molecule has 156 valence electrons. The molecule has 0 spiro atoms. The molecular formula is C26H26N4S. The maximum Gasteiger partial charge on any atom is 0.211 e. The highest BCUT2D eigenvalue weighted by atomic mass is 32.1. The second-order valence-corrected chi connectivity index (χ2v) is 8.58. The number of rotatable bonds is 6. The molecule has 31 heavy (non-hydrogen) atoms. The fourth-order valence-corrected chi connectivity index (χ4v) is 5.05. The minimum absolute atomic E-state index is 0.921. The zero-order valence-electron chi connectivity index (χ0n) is 18.0. The van der Waals surface area contributed by atoms with Crippen molar-refractivity contribution in [3.05, 3.63) is 83.0 Å². The van der Waals surface area contributed by atoms with Crippen molar-refractivity contribution in [2.24, 2.45) is 0 Å². The fraction of sp³-hybridized carbons (Fsp3) is 0.231. The zero-order valence-corrected chi connectivity index (χ0v) is 18.8. The molecule has 1 aliphatic rings. The van der Waals surface area contributed by atoms with E-state index in [1.54, 1.807) is 11.3 Å². The van der Waals surface area contributed by atoms with Crippen molar-refractivity contribution in [2.75, 3.05) is 18.0 Å². The van der Waals surface area contributed by atoms with Gasteiger partial charge in [0.2, 0.25) is 5.13 Å². The lowest BCUT2D eigenvalue weighted by molar-refractivity contribution is 0.855. The fourth-order valence-electron chi connectivity index (χ4n) is 4.26. The van der Waals surface area contributed by atoms with Crippen molar-refractivity contribution in [1.29, 1.82) is 0 Å². The van der Waals surface area contributed by atoms with E-state index in [0.717, 1.165) is 42.3 Å². The van der Waals surface area contributed by atoms with Crippen LogP contribution in [0.1, 0.15) is 37.1 Å². The summed E-state index contributed by atoms with van der Waals surface area (Å²) in [7, 11) is 0. The summed E-state index contributed by atoms with van der Waals surface area (Å²) in [6, 6.07) is 19.2. The molecule has 0 atom stereocenters. The maximum absolute atomic E-state index is 4.88. The molecule has 0 aliphatic heterocycles. The van der Waals surface area contributed by atoms with Crippen molar-refractivity contribution in [1.82, 2.24) is 14.8 Å². The predicted octanol–water partition coefficient (Wildman–Crippen LogP) is 6.33. The Bertz CT molecular complexity index is 1200. The largest absolute Gasteiger partial charge is 0.372 e. The van der Waals surface area contributed by atoms with Crippen LogP contribution in [0.25, 0.3) is 28.0 Å². The standard InChI is InChI=1S/C26H26N4S/c1-3-29(4-2)23-14-10-19(11-15-23)16-21-12-13-22-17-27-30(25(21)22)26-28-24(18-31-26)20-8-6-5-7-9-20/h5-11,14-18H,3-4,12-13H2,1-2H3/b21-16+. The van der Waals surface area contributed by atoms with Gasteiger partial charge in [0, 0.05) is 29.7 Å². The van der Waals surface area contributed by atoms with Crippen LogP contribution >= 0.6 is 11.3 Å². The number of hydrogen-bond donors (Lipinski definition) is 0. The highest BCUT2D eigenvalue weighted by Crippen LogP contribution is 2.36. The third kappa shape index (κ3) is 3.81. The molecule has 0 amide bonds. The molecular weight excluding hydrogens is 400 g/mol. The Morgan fingerprint density at radius 3 is 2.52 bits per heavy atom. The number of thiazole rings is 1. The number of anilines is 1. The molecule has 5 rings (SSSR count). The van der Waals surface area contributed by atoms with Gasteiger partial charge in [0.05, 0.1) is 17.6 Å². The van der Waals surface area contributed by atoms with Crippen LogP contribution in [0.2, 0.25) is 0 Å². The van der Waals surface area contributed by atoms with Crippen molar-refractivity contribution in [2.45, 2.75) is 26.7 Å². The van der Waals surface area contributed by atoms with Crippen LogP contribution in [0.3, 0.4) is 0 Å². The molecule has 2 heterocycles. The molecule has 0 fully saturated rings. The van der Waals surface area contributed by atoms with Crippen molar-refractivity contribution in [3.63, 3.8) is 0 Å². The van der Waals surface area contributed by atoms with Crippen LogP contribution in [0, 0.1) is 0 Å². The van der Waals surface area contributed by atoms with E-state index in [4.69, 9.17) is 4.98 Å². The average Bonchev–Trinajstić information content (AvgIpc) is 3.54. The Hall–Kier alpha value is -3.18. The second-order valence-electron chi connectivity index (χ2n) is 7.74. The topological polar surface area (TPSA) is 34.0 Å². The molecule has 4 aromatic rings. The third-order valence-electron chi connectivity index (χ3n) is 5.92. The number of nitrogens with zero attached hydrogens (tertiary/aromatic N) is 4. The molecule has 0 radical (unpaired) electrons. The van der Waals surface area contributed by atoms with Crippen molar-refractivity contribution in [3.8, 4) is 16.4 Å². The summed E-state index contributed by atoms with van der Waals surface area (Å²) in [5, 5.41) is 7.72. The first-order valence-corrected chi connectivity index (χ1v) is 11.8. The number of aromatic nitrogens is 3. The van der Waals surface area contributed by atoms with Gasteiger partial charge < -0.3 is 4.90 Å². The van der Waals surface area contributed by atoms with Crippen molar-refractivity contribution < 1.29 is 0 Å². The van der Waals surface area contributed by atoms with Crippen LogP contribution in [-0.2, 0) is 6.42 Å². The SMILES string of the molecule is CCN(CC)c1ccc(/C=C2\CCc3cnn(-c4nc(-c5ccccc5)cs4)c32)cc1. The Kier molecular flexibility index (Phi) is 5.43. The van der Waals surface area contributed by atoms with Gasteiger partial charge in [-0.25, -0.2) is 9.67 Å². The molecule has 5 heteroatoms. The van der Waals surface area contributed by atoms with E-state index in [1.807, 2.05) is 29.1 Å². The van der Waals surface area contributed by atoms with Gasteiger partial charge in [0.15, 0.2) is 0 Å². The normalized spacial score (nSPS) is 14.2. The molecule has 4 nitrogen and oxygen atoms in total. The van der Waals surface area contributed by atoms with E-state index >= 15 is 0 Å². The quantitative estimate of drug-likeness (QED) is 0.361. The summed E-state index contributed by atoms with van der Waals surface area (Å²) in [5.41, 5.74) is 8.50. The predicted molar refractivity (Wildman–Crippen MR) is 131 cm³/mol. The summed E-state index contributed by atoms with van der Waals surface area (Å²) in [4.78, 5) is 7.25. The smallest absolute Gasteiger partial charge is 0.211 e.